The van der Waals surface area contributed by atoms with Crippen LogP contribution in [0.5, 0.6) is 0 Å². The Bertz CT molecular complexity index is 2130. The molecule has 0 aromatic heterocycles. The van der Waals surface area contributed by atoms with E-state index >= 15 is 4.79 Å². The Morgan fingerprint density at radius 1 is 0.698 bits per heavy atom. The van der Waals surface area contributed by atoms with Crippen LogP contribution in [0.1, 0.15) is 64.9 Å². The Morgan fingerprint density at radius 2 is 1.19 bits per heavy atom. The molecule has 7 nitrogen and oxygen atoms in total. The largest absolute Gasteiger partial charge is 0.461 e. The third kappa shape index (κ3) is 11.1. The molecule has 0 bridgehead atoms. The van der Waals surface area contributed by atoms with Gasteiger partial charge in [-0.25, -0.2) is 14.4 Å². The quantitative estimate of drug-likeness (QED) is 0.0573. The Kier molecular flexibility index (Phi) is 18.0. The lowest BCUT2D eigenvalue weighted by atomic mass is 9.74. The van der Waals surface area contributed by atoms with Gasteiger partial charge >= 0.3 is 17.9 Å². The summed E-state index contributed by atoms with van der Waals surface area (Å²) in [5, 5.41) is 0. The molecular weight excluding hydrogens is 1930 g/mol. The molecule has 4 aromatic rings. The molecule has 278 valence electrons. The second-order valence-electron chi connectivity index (χ2n) is 11.9. The highest BCUT2D eigenvalue weighted by molar-refractivity contribution is 14.1. The molecular formula is C35H20I11O7+. The monoisotopic (exact) mass is 1950 g/mol. The molecule has 18 heteroatoms. The summed E-state index contributed by atoms with van der Waals surface area (Å²) in [6, 6.07) is 13.3. The number of cyclic esters (lactones) is 1. The van der Waals surface area contributed by atoms with E-state index in [0.29, 0.717) is 27.8 Å². The first-order chi connectivity index (χ1) is 24.8. The van der Waals surface area contributed by atoms with Gasteiger partial charge in [0.2, 0.25) is 3.57 Å². The van der Waals surface area contributed by atoms with E-state index in [1.165, 1.54) is 0 Å². The molecule has 0 saturated carbocycles. The number of ether oxygens (including phenoxy) is 3. The molecule has 0 spiro atoms. The second-order valence-corrected chi connectivity index (χ2v) is 24.7. The van der Waals surface area contributed by atoms with Crippen molar-refractivity contribution in [3.63, 3.8) is 0 Å². The van der Waals surface area contributed by atoms with E-state index in [9.17, 15) is 14.4 Å². The minimum absolute atomic E-state index is 0.0609. The summed E-state index contributed by atoms with van der Waals surface area (Å²) in [4.78, 5) is 56.9. The summed E-state index contributed by atoms with van der Waals surface area (Å²) in [5.74, 6) is -2.79. The van der Waals surface area contributed by atoms with Crippen molar-refractivity contribution in [2.45, 2.75) is 19.3 Å². The van der Waals surface area contributed by atoms with Crippen molar-refractivity contribution in [2.24, 2.45) is 5.41 Å². The number of fused-ring (bicyclic) bond motifs is 1. The minimum atomic E-state index is -1.30. The lowest BCUT2D eigenvalue weighted by Crippen LogP contribution is -3.34. The Hall–Kier alpha value is 2.99. The van der Waals surface area contributed by atoms with Crippen molar-refractivity contribution >= 4 is 250 Å². The van der Waals surface area contributed by atoms with Gasteiger partial charge in [0.25, 0.3) is 22.6 Å². The maximum Gasteiger partial charge on any atom is 0.343 e. The average molecular weight is 1950 g/mol. The number of ketones is 1. The van der Waals surface area contributed by atoms with Gasteiger partial charge in [-0.15, -0.1) is 0 Å². The highest BCUT2D eigenvalue weighted by atomic mass is 127. The Labute approximate surface area is 455 Å². The second kappa shape index (κ2) is 20.2. The topological polar surface area (TPSA) is 96.0 Å². The molecule has 0 radical (unpaired) electrons. The fourth-order valence-corrected chi connectivity index (χ4v) is 14.6. The van der Waals surface area contributed by atoms with Crippen LogP contribution in [0.15, 0.2) is 42.5 Å². The zero-order valence-corrected chi connectivity index (χ0v) is 50.4. The molecule has 0 fully saturated rings. The fourth-order valence-electron chi connectivity index (χ4n) is 5.60. The van der Waals surface area contributed by atoms with Crippen molar-refractivity contribution < 1.29 is 56.0 Å². The third-order valence-corrected chi connectivity index (χ3v) is 21.6. The summed E-state index contributed by atoms with van der Waals surface area (Å²) in [7, 11) is 0. The zero-order valence-electron chi connectivity index (χ0n) is 26.5. The van der Waals surface area contributed by atoms with Crippen LogP contribution in [0.2, 0.25) is 0 Å². The summed E-state index contributed by atoms with van der Waals surface area (Å²) < 4.78 is 27.4. The molecule has 0 N–H and O–H groups in total. The highest BCUT2D eigenvalue weighted by Gasteiger charge is 2.46. The summed E-state index contributed by atoms with van der Waals surface area (Å²) in [6.07, 6.45) is 0.0609. The summed E-state index contributed by atoms with van der Waals surface area (Å²) in [6.45, 7) is 1.10. The SMILES string of the molecule is Cc1cc(I)cc(C(=O)OCC2(COC(=O)c3cc(I)cc(I)c3I)COC(=O)c3c([IH+])c(I)cc(I)c3[C@@H](C(=O)c3cc(I)cc(I)c3I)C2)c1I. The van der Waals surface area contributed by atoms with Crippen LogP contribution in [0.4, 0.5) is 0 Å². The summed E-state index contributed by atoms with van der Waals surface area (Å²) >= 11 is 23.5. The van der Waals surface area contributed by atoms with Crippen LogP contribution < -0.4 is 22.6 Å². The Morgan fingerprint density at radius 3 is 1.75 bits per heavy atom. The van der Waals surface area contributed by atoms with Gasteiger partial charge in [0.05, 0.1) is 26.0 Å². The lowest BCUT2D eigenvalue weighted by molar-refractivity contribution is -0.330. The van der Waals surface area contributed by atoms with Crippen molar-refractivity contribution in [2.75, 3.05) is 19.8 Å². The lowest BCUT2D eigenvalue weighted by Gasteiger charge is -2.37. The van der Waals surface area contributed by atoms with Crippen molar-refractivity contribution in [1.29, 1.82) is 0 Å². The molecule has 1 aliphatic heterocycles. The van der Waals surface area contributed by atoms with Crippen molar-refractivity contribution in [1.82, 2.24) is 0 Å². The molecule has 0 amide bonds. The Balaban J connectivity index is 1.67. The molecule has 1 heterocycles. The van der Waals surface area contributed by atoms with E-state index in [0.717, 1.165) is 44.8 Å². The number of rotatable bonds is 8. The van der Waals surface area contributed by atoms with Crippen LogP contribution in [-0.2, 0) is 14.2 Å². The molecule has 1 unspecified atom stereocenters. The number of hydrogen-bond acceptors (Lipinski definition) is 7. The first kappa shape index (κ1) is 47.0. The fraction of sp³-hybridized carbons (Fsp3) is 0.200. The molecule has 0 saturated heterocycles. The van der Waals surface area contributed by atoms with Gasteiger partial charge in [0, 0.05) is 37.7 Å². The van der Waals surface area contributed by atoms with Crippen LogP contribution in [0.3, 0.4) is 0 Å². The maximum absolute atomic E-state index is 15.1. The van der Waals surface area contributed by atoms with Gasteiger partial charge in [-0.3, -0.25) is 4.79 Å². The van der Waals surface area contributed by atoms with Crippen molar-refractivity contribution in [3.05, 3.63) is 115 Å². The van der Waals surface area contributed by atoms with Crippen LogP contribution in [0, 0.1) is 51.6 Å². The van der Waals surface area contributed by atoms with E-state index < -0.39 is 29.2 Å². The smallest absolute Gasteiger partial charge is 0.343 e. The van der Waals surface area contributed by atoms with Gasteiger partial charge < -0.3 is 14.2 Å². The van der Waals surface area contributed by atoms with Gasteiger partial charge in [0.15, 0.2) is 5.78 Å². The first-order valence-electron chi connectivity index (χ1n) is 14.8. The molecule has 4 aromatic carbocycles. The van der Waals surface area contributed by atoms with E-state index in [4.69, 9.17) is 14.2 Å². The number of esters is 3. The van der Waals surface area contributed by atoms with E-state index in [1.807, 2.05) is 37.3 Å². The van der Waals surface area contributed by atoms with Crippen LogP contribution >= 0.6 is 226 Å². The number of carbonyl (C=O) groups is 4. The number of hydrogen-bond donors (Lipinski definition) is 0. The van der Waals surface area contributed by atoms with Crippen molar-refractivity contribution in [3.8, 4) is 0 Å². The predicted molar refractivity (Wildman–Crippen MR) is 283 cm³/mol. The van der Waals surface area contributed by atoms with E-state index in [1.54, 1.807) is 34.7 Å². The standard InChI is InChI=1S/C35H20I11O7/c1-13-2-14(36)4-18(27(13)43)32(48)51-10-35(11-52-33(49)19-5-16(38)7-23(41)29(19)45)9-20(31(47)17-3-15(37)6-22(40)28(17)44)25-21(39)8-24(42)30(46)26(25)34(50)53-12-35/h2-8,20,46H,9-12H2,1H3/q+1/t20-,35?/m0/s1. The molecule has 0 aliphatic carbocycles. The van der Waals surface area contributed by atoms with Gasteiger partial charge in [-0.1, -0.05) is 0 Å². The molecule has 1 aliphatic rings. The third-order valence-electron chi connectivity index (χ3n) is 8.17. The minimum Gasteiger partial charge on any atom is -0.461 e. The maximum atomic E-state index is 15.1. The van der Waals surface area contributed by atoms with Gasteiger partial charge in [-0.2, -0.15) is 0 Å². The molecule has 2 atom stereocenters. The average Bonchev–Trinajstić information content (AvgIpc) is 3.09. The summed E-state index contributed by atoms with van der Waals surface area (Å²) in [5.41, 5.74) is 1.85. The van der Waals surface area contributed by atoms with E-state index in [-0.39, 0.29) is 32.0 Å². The molecule has 53 heavy (non-hydrogen) atoms. The number of halogens is 11. The highest BCUT2D eigenvalue weighted by Crippen LogP contribution is 2.43. The normalized spacial score (nSPS) is 17.0. The predicted octanol–water partition coefficient (Wildman–Crippen LogP) is 8.72. The van der Waals surface area contributed by atoms with Gasteiger partial charge in [-0.05, 0) is 293 Å². The number of benzene rings is 4. The molecule has 5 rings (SSSR count). The number of aryl methyl sites for hydroxylation is 1. The van der Waals surface area contributed by atoms with Gasteiger partial charge in [0.1, 0.15) is 25.4 Å². The van der Waals surface area contributed by atoms with Crippen LogP contribution in [-0.4, -0.2) is 43.5 Å². The zero-order chi connectivity index (χ0) is 39.1. The number of Topliss-reactive ketones (excluding diaryl/α,β-unsaturated/α-hetero) is 1. The van der Waals surface area contributed by atoms with Crippen LogP contribution in [0.25, 0.3) is 0 Å². The van der Waals surface area contributed by atoms with E-state index in [2.05, 4.69) is 226 Å². The number of carbonyl (C=O) groups excluding carboxylic acids is 4. The first-order valence-corrected chi connectivity index (χ1v) is 26.8.